The zero-order chi connectivity index (χ0) is 20.5. The van der Waals surface area contributed by atoms with E-state index >= 15 is 0 Å². The highest BCUT2D eigenvalue weighted by atomic mass is 32.1. The number of carboxylic acids is 1. The SMILES string of the molecule is COc1cc(OC)c2sc(Cn3nc(CC(=O)O)c4ccccc4c3=O)nc2c1. The summed E-state index contributed by atoms with van der Waals surface area (Å²) in [7, 11) is 3.14. The Labute approximate surface area is 168 Å². The number of carboxylic acid groups (broad SMARTS) is 1. The molecule has 2 heterocycles. The minimum absolute atomic E-state index is 0.126. The molecule has 9 heteroatoms. The maximum absolute atomic E-state index is 12.9. The van der Waals surface area contributed by atoms with E-state index < -0.39 is 5.97 Å². The molecule has 0 saturated carbocycles. The third-order valence-electron chi connectivity index (χ3n) is 4.48. The number of hydrogen-bond donors (Lipinski definition) is 1. The van der Waals surface area contributed by atoms with Crippen LogP contribution in [0, 0.1) is 0 Å². The quantitative estimate of drug-likeness (QED) is 0.520. The van der Waals surface area contributed by atoms with Crippen LogP contribution >= 0.6 is 11.3 Å². The molecule has 1 N–H and O–H groups in total. The normalized spacial score (nSPS) is 11.1. The Morgan fingerprint density at radius 1 is 1.17 bits per heavy atom. The van der Waals surface area contributed by atoms with Crippen molar-refractivity contribution in [1.29, 1.82) is 0 Å². The lowest BCUT2D eigenvalue weighted by molar-refractivity contribution is -0.136. The summed E-state index contributed by atoms with van der Waals surface area (Å²) < 4.78 is 12.8. The minimum atomic E-state index is -1.01. The molecule has 4 rings (SSSR count). The lowest BCUT2D eigenvalue weighted by Gasteiger charge is -2.08. The summed E-state index contributed by atoms with van der Waals surface area (Å²) in [4.78, 5) is 28.7. The van der Waals surface area contributed by atoms with E-state index in [0.717, 1.165) is 4.70 Å². The molecule has 0 unspecified atom stereocenters. The fourth-order valence-corrected chi connectivity index (χ4v) is 4.19. The first-order chi connectivity index (χ1) is 14.0. The number of nitrogens with zero attached hydrogens (tertiary/aromatic N) is 3. The van der Waals surface area contributed by atoms with Gasteiger partial charge in [0.1, 0.15) is 16.5 Å². The van der Waals surface area contributed by atoms with Gasteiger partial charge >= 0.3 is 5.97 Å². The largest absolute Gasteiger partial charge is 0.497 e. The minimum Gasteiger partial charge on any atom is -0.497 e. The third kappa shape index (κ3) is 3.52. The predicted molar refractivity (Wildman–Crippen MR) is 109 cm³/mol. The zero-order valence-corrected chi connectivity index (χ0v) is 16.5. The molecule has 2 aromatic carbocycles. The third-order valence-corrected chi connectivity index (χ3v) is 5.55. The number of thiazole rings is 1. The molecule has 0 aliphatic carbocycles. The molecular weight excluding hydrogens is 394 g/mol. The van der Waals surface area contributed by atoms with Crippen LogP contribution in [-0.2, 0) is 17.8 Å². The highest BCUT2D eigenvalue weighted by Crippen LogP contribution is 2.35. The molecule has 0 fully saturated rings. The summed E-state index contributed by atoms with van der Waals surface area (Å²) in [6.07, 6.45) is -0.272. The average Bonchev–Trinajstić information content (AvgIpc) is 3.12. The van der Waals surface area contributed by atoms with Gasteiger partial charge in [-0.3, -0.25) is 9.59 Å². The Morgan fingerprint density at radius 3 is 2.62 bits per heavy atom. The van der Waals surface area contributed by atoms with Gasteiger partial charge in [-0.25, -0.2) is 9.67 Å². The van der Waals surface area contributed by atoms with E-state index in [1.165, 1.54) is 16.0 Å². The van der Waals surface area contributed by atoms with Crippen LogP contribution in [0.15, 0.2) is 41.2 Å². The van der Waals surface area contributed by atoms with Crippen molar-refractivity contribution >= 4 is 38.3 Å². The van der Waals surface area contributed by atoms with Crippen molar-refractivity contribution in [2.75, 3.05) is 14.2 Å². The van der Waals surface area contributed by atoms with Crippen molar-refractivity contribution in [1.82, 2.24) is 14.8 Å². The molecule has 148 valence electrons. The summed E-state index contributed by atoms with van der Waals surface area (Å²) in [6.45, 7) is 0.126. The fraction of sp³-hybridized carbons (Fsp3) is 0.200. The van der Waals surface area contributed by atoms with Crippen LogP contribution in [0.25, 0.3) is 21.0 Å². The van der Waals surface area contributed by atoms with Crippen LogP contribution in [-0.4, -0.2) is 40.1 Å². The molecule has 0 saturated heterocycles. The molecule has 0 atom stereocenters. The van der Waals surface area contributed by atoms with Crippen LogP contribution < -0.4 is 15.0 Å². The highest BCUT2D eigenvalue weighted by Gasteiger charge is 2.16. The molecule has 4 aromatic rings. The highest BCUT2D eigenvalue weighted by molar-refractivity contribution is 7.19. The molecule has 0 aliphatic heterocycles. The van der Waals surface area contributed by atoms with E-state index in [0.29, 0.717) is 38.5 Å². The monoisotopic (exact) mass is 411 g/mol. The van der Waals surface area contributed by atoms with Crippen LogP contribution in [0.2, 0.25) is 0 Å². The second-order valence-electron chi connectivity index (χ2n) is 6.31. The van der Waals surface area contributed by atoms with Gasteiger partial charge in [-0.05, 0) is 6.07 Å². The first kappa shape index (κ1) is 18.9. The Morgan fingerprint density at radius 2 is 1.93 bits per heavy atom. The van der Waals surface area contributed by atoms with Crippen LogP contribution in [0.1, 0.15) is 10.7 Å². The number of fused-ring (bicyclic) bond motifs is 2. The predicted octanol–water partition coefficient (Wildman–Crippen LogP) is 2.70. The summed E-state index contributed by atoms with van der Waals surface area (Å²) in [5, 5.41) is 15.2. The van der Waals surface area contributed by atoms with Crippen LogP contribution in [0.3, 0.4) is 0 Å². The van der Waals surface area contributed by atoms with Gasteiger partial charge in [0, 0.05) is 17.5 Å². The van der Waals surface area contributed by atoms with Gasteiger partial charge in [0.25, 0.3) is 5.56 Å². The smallest absolute Gasteiger partial charge is 0.309 e. The Kier molecular flexibility index (Phi) is 4.89. The van der Waals surface area contributed by atoms with E-state index in [9.17, 15) is 14.7 Å². The fourth-order valence-electron chi connectivity index (χ4n) is 3.18. The first-order valence-corrected chi connectivity index (χ1v) is 9.53. The molecule has 0 amide bonds. The number of benzene rings is 2. The van der Waals surface area contributed by atoms with Crippen molar-refractivity contribution in [2.45, 2.75) is 13.0 Å². The summed E-state index contributed by atoms with van der Waals surface area (Å²) in [5.41, 5.74) is 0.743. The topological polar surface area (TPSA) is 104 Å². The van der Waals surface area contributed by atoms with Gasteiger partial charge in [0.05, 0.1) is 48.5 Å². The average molecular weight is 411 g/mol. The maximum atomic E-state index is 12.9. The molecule has 29 heavy (non-hydrogen) atoms. The molecule has 0 bridgehead atoms. The molecule has 8 nitrogen and oxygen atoms in total. The molecule has 0 radical (unpaired) electrons. The van der Waals surface area contributed by atoms with Gasteiger partial charge < -0.3 is 14.6 Å². The van der Waals surface area contributed by atoms with E-state index in [-0.39, 0.29) is 18.5 Å². The number of carbonyl (C=O) groups is 1. The first-order valence-electron chi connectivity index (χ1n) is 8.72. The number of aromatic nitrogens is 3. The summed E-state index contributed by atoms with van der Waals surface area (Å²) in [6, 6.07) is 10.5. The second kappa shape index (κ2) is 7.51. The molecule has 0 spiro atoms. The van der Waals surface area contributed by atoms with Crippen molar-refractivity contribution in [3.8, 4) is 11.5 Å². The zero-order valence-electron chi connectivity index (χ0n) is 15.7. The van der Waals surface area contributed by atoms with E-state index in [4.69, 9.17) is 9.47 Å². The lowest BCUT2D eigenvalue weighted by atomic mass is 10.1. The van der Waals surface area contributed by atoms with Gasteiger partial charge in [-0.1, -0.05) is 18.2 Å². The van der Waals surface area contributed by atoms with E-state index in [1.54, 1.807) is 50.6 Å². The van der Waals surface area contributed by atoms with Gasteiger partial charge in [-0.2, -0.15) is 5.10 Å². The van der Waals surface area contributed by atoms with Gasteiger partial charge in [0.15, 0.2) is 0 Å². The number of rotatable bonds is 6. The number of ether oxygens (including phenoxy) is 2. The van der Waals surface area contributed by atoms with E-state index in [1.807, 2.05) is 0 Å². The standard InChI is InChI=1S/C20H17N3O5S/c1-27-11-7-15-19(16(8-11)28-2)29-17(21-15)10-23-20(26)13-6-4-3-5-12(13)14(22-23)9-18(24)25/h3-8H,9-10H2,1-2H3,(H,24,25). The Balaban J connectivity index is 1.82. The van der Waals surface area contributed by atoms with Crippen molar-refractivity contribution in [3.63, 3.8) is 0 Å². The Hall–Kier alpha value is -3.46. The molecule has 0 aliphatic rings. The summed E-state index contributed by atoms with van der Waals surface area (Å²) >= 11 is 1.39. The maximum Gasteiger partial charge on any atom is 0.309 e. The van der Waals surface area contributed by atoms with Crippen LogP contribution in [0.4, 0.5) is 0 Å². The second-order valence-corrected chi connectivity index (χ2v) is 7.39. The molecular formula is C20H17N3O5S. The van der Waals surface area contributed by atoms with Gasteiger partial charge in [0.2, 0.25) is 0 Å². The van der Waals surface area contributed by atoms with Crippen LogP contribution in [0.5, 0.6) is 11.5 Å². The van der Waals surface area contributed by atoms with Crippen molar-refractivity contribution in [2.24, 2.45) is 0 Å². The van der Waals surface area contributed by atoms with Gasteiger partial charge in [-0.15, -0.1) is 11.3 Å². The number of aliphatic carboxylic acids is 1. The van der Waals surface area contributed by atoms with Crippen molar-refractivity contribution < 1.29 is 19.4 Å². The summed E-state index contributed by atoms with van der Waals surface area (Å²) in [5.74, 6) is 0.245. The van der Waals surface area contributed by atoms with E-state index in [2.05, 4.69) is 10.1 Å². The lowest BCUT2D eigenvalue weighted by Crippen LogP contribution is -2.26. The Bertz CT molecular complexity index is 1290. The number of methoxy groups -OCH3 is 2. The number of hydrogen-bond acceptors (Lipinski definition) is 7. The van der Waals surface area contributed by atoms with Crippen molar-refractivity contribution in [3.05, 3.63) is 57.5 Å². The molecule has 2 aromatic heterocycles.